The Morgan fingerprint density at radius 1 is 1.16 bits per heavy atom. The molecule has 0 spiro atoms. The Bertz CT molecular complexity index is 1290. The zero-order valence-corrected chi connectivity index (χ0v) is 22.1. The molecule has 3 N–H and O–H groups in total. The van der Waals surface area contributed by atoms with E-state index >= 15 is 0 Å². The Hall–Kier alpha value is -3.63. The summed E-state index contributed by atoms with van der Waals surface area (Å²) in [7, 11) is 0. The largest absolute Gasteiger partial charge is 0.478 e. The van der Waals surface area contributed by atoms with E-state index in [1.807, 2.05) is 18.4 Å². The van der Waals surface area contributed by atoms with Gasteiger partial charge >= 0.3 is 5.97 Å². The molecule has 0 radical (unpaired) electrons. The highest BCUT2D eigenvalue weighted by Crippen LogP contribution is 2.26. The number of benzene rings is 2. The highest BCUT2D eigenvalue weighted by atomic mass is 35.5. The van der Waals surface area contributed by atoms with Gasteiger partial charge in [0.25, 0.3) is 5.91 Å². The van der Waals surface area contributed by atoms with E-state index in [9.17, 15) is 14.4 Å². The number of aromatic carboxylic acids is 1. The standard InChI is InChI=1S/C26H28ClN5O4S/c1-4-12-32-23(21(13-16(2)3)29-24(34)19-10-5-6-11-20(19)27)30-31-26(32)37-15-22(33)28-18-9-7-8-17(14-18)25(35)36/h4-11,14,16,21H,1,12-13,15H2,2-3H3,(H,28,33)(H,29,34)(H,35,36)/t21-/m0/s1. The number of allylic oxidation sites excluding steroid dienone is 1. The van der Waals surface area contributed by atoms with Gasteiger partial charge in [-0.15, -0.1) is 16.8 Å². The summed E-state index contributed by atoms with van der Waals surface area (Å²) in [6, 6.07) is 12.4. The first-order valence-electron chi connectivity index (χ1n) is 11.5. The molecule has 1 heterocycles. The van der Waals surface area contributed by atoms with Crippen molar-refractivity contribution in [2.24, 2.45) is 5.92 Å². The Balaban J connectivity index is 1.77. The number of anilines is 1. The second-order valence-electron chi connectivity index (χ2n) is 8.60. The van der Waals surface area contributed by atoms with Crippen LogP contribution in [0.3, 0.4) is 0 Å². The van der Waals surface area contributed by atoms with E-state index in [-0.39, 0.29) is 29.0 Å². The van der Waals surface area contributed by atoms with Crippen LogP contribution < -0.4 is 10.6 Å². The molecule has 0 bridgehead atoms. The van der Waals surface area contributed by atoms with Crippen molar-refractivity contribution in [3.8, 4) is 0 Å². The Labute approximate surface area is 224 Å². The molecule has 0 unspecified atom stereocenters. The van der Waals surface area contributed by atoms with E-state index in [2.05, 4.69) is 27.4 Å². The van der Waals surface area contributed by atoms with Crippen molar-refractivity contribution in [3.05, 3.63) is 83.2 Å². The Kier molecular flexibility index (Phi) is 9.87. The van der Waals surface area contributed by atoms with Crippen LogP contribution >= 0.6 is 23.4 Å². The fourth-order valence-corrected chi connectivity index (χ4v) is 4.58. The topological polar surface area (TPSA) is 126 Å². The first-order valence-corrected chi connectivity index (χ1v) is 12.9. The van der Waals surface area contributed by atoms with Gasteiger partial charge in [0, 0.05) is 12.2 Å². The maximum absolute atomic E-state index is 13.0. The van der Waals surface area contributed by atoms with Gasteiger partial charge in [-0.05, 0) is 42.7 Å². The Morgan fingerprint density at radius 2 is 1.92 bits per heavy atom. The minimum Gasteiger partial charge on any atom is -0.478 e. The van der Waals surface area contributed by atoms with Crippen LogP contribution in [0.5, 0.6) is 0 Å². The molecule has 1 aromatic heterocycles. The summed E-state index contributed by atoms with van der Waals surface area (Å²) >= 11 is 7.39. The molecule has 194 valence electrons. The van der Waals surface area contributed by atoms with Gasteiger partial charge in [0.15, 0.2) is 11.0 Å². The van der Waals surface area contributed by atoms with Gasteiger partial charge in [0.2, 0.25) is 5.91 Å². The lowest BCUT2D eigenvalue weighted by Crippen LogP contribution is -2.32. The van der Waals surface area contributed by atoms with Crippen LogP contribution in [0, 0.1) is 5.92 Å². The first kappa shape index (κ1) is 27.9. The average molecular weight is 542 g/mol. The fourth-order valence-electron chi connectivity index (χ4n) is 3.60. The summed E-state index contributed by atoms with van der Waals surface area (Å²) in [5.74, 6) is -0.907. The second-order valence-corrected chi connectivity index (χ2v) is 9.95. The SMILES string of the molecule is C=CCn1c(SCC(=O)Nc2cccc(C(=O)O)c2)nnc1[C@H](CC(C)C)NC(=O)c1ccccc1Cl. The zero-order chi connectivity index (χ0) is 26.9. The lowest BCUT2D eigenvalue weighted by atomic mass is 10.0. The third kappa shape index (κ3) is 7.68. The van der Waals surface area contributed by atoms with Crippen molar-refractivity contribution in [1.29, 1.82) is 0 Å². The number of aromatic nitrogens is 3. The summed E-state index contributed by atoms with van der Waals surface area (Å²) in [4.78, 5) is 36.7. The first-order chi connectivity index (χ1) is 17.7. The number of carboxylic acids is 1. The quantitative estimate of drug-likeness (QED) is 0.216. The molecular formula is C26H28ClN5O4S. The third-order valence-electron chi connectivity index (χ3n) is 5.23. The number of rotatable bonds is 12. The number of amides is 2. The van der Waals surface area contributed by atoms with Crippen molar-refractivity contribution in [2.75, 3.05) is 11.1 Å². The van der Waals surface area contributed by atoms with E-state index in [1.54, 1.807) is 42.5 Å². The maximum Gasteiger partial charge on any atom is 0.335 e. The van der Waals surface area contributed by atoms with Crippen molar-refractivity contribution in [2.45, 2.75) is 38.0 Å². The molecule has 0 aliphatic heterocycles. The molecule has 37 heavy (non-hydrogen) atoms. The number of nitrogens with zero attached hydrogens (tertiary/aromatic N) is 3. The predicted octanol–water partition coefficient (Wildman–Crippen LogP) is 5.06. The summed E-state index contributed by atoms with van der Waals surface area (Å²) in [5.41, 5.74) is 0.833. The fraction of sp³-hybridized carbons (Fsp3) is 0.269. The molecule has 0 aliphatic carbocycles. The van der Waals surface area contributed by atoms with Gasteiger partial charge in [-0.25, -0.2) is 4.79 Å². The minimum absolute atomic E-state index is 0.0212. The minimum atomic E-state index is -1.08. The summed E-state index contributed by atoms with van der Waals surface area (Å²) in [6.45, 7) is 8.28. The Morgan fingerprint density at radius 3 is 2.59 bits per heavy atom. The van der Waals surface area contributed by atoms with Gasteiger partial charge < -0.3 is 20.3 Å². The molecule has 3 rings (SSSR count). The summed E-state index contributed by atoms with van der Waals surface area (Å²) < 4.78 is 1.82. The molecule has 0 aliphatic rings. The number of carbonyl (C=O) groups is 3. The molecule has 0 saturated heterocycles. The van der Waals surface area contributed by atoms with Crippen LogP contribution in [-0.2, 0) is 11.3 Å². The number of hydrogen-bond donors (Lipinski definition) is 3. The van der Waals surface area contributed by atoms with E-state index < -0.39 is 12.0 Å². The van der Waals surface area contributed by atoms with E-state index in [1.165, 1.54) is 23.9 Å². The monoisotopic (exact) mass is 541 g/mol. The molecular weight excluding hydrogens is 514 g/mol. The molecule has 2 aromatic carbocycles. The van der Waals surface area contributed by atoms with Crippen molar-refractivity contribution in [1.82, 2.24) is 20.1 Å². The van der Waals surface area contributed by atoms with E-state index in [0.29, 0.717) is 40.2 Å². The van der Waals surface area contributed by atoms with Crippen LogP contribution in [0.25, 0.3) is 0 Å². The number of thioether (sulfide) groups is 1. The van der Waals surface area contributed by atoms with Crippen molar-refractivity contribution in [3.63, 3.8) is 0 Å². The third-order valence-corrected chi connectivity index (χ3v) is 6.52. The van der Waals surface area contributed by atoms with E-state index in [4.69, 9.17) is 16.7 Å². The van der Waals surface area contributed by atoms with Gasteiger partial charge in [-0.3, -0.25) is 9.59 Å². The highest BCUT2D eigenvalue weighted by molar-refractivity contribution is 7.99. The summed E-state index contributed by atoms with van der Waals surface area (Å²) in [5, 5.41) is 24.3. The number of carbonyl (C=O) groups excluding carboxylic acids is 2. The molecule has 0 saturated carbocycles. The number of nitrogens with one attached hydrogen (secondary N) is 2. The lowest BCUT2D eigenvalue weighted by molar-refractivity contribution is -0.113. The predicted molar refractivity (Wildman–Crippen MR) is 144 cm³/mol. The van der Waals surface area contributed by atoms with Crippen molar-refractivity contribution < 1.29 is 19.5 Å². The maximum atomic E-state index is 13.0. The normalized spacial score (nSPS) is 11.7. The van der Waals surface area contributed by atoms with Gasteiger partial charge in [-0.1, -0.05) is 61.5 Å². The van der Waals surface area contributed by atoms with Crippen LogP contribution in [0.15, 0.2) is 66.3 Å². The molecule has 11 heteroatoms. The molecule has 3 aromatic rings. The van der Waals surface area contributed by atoms with Gasteiger partial charge in [0.05, 0.1) is 27.9 Å². The number of hydrogen-bond acceptors (Lipinski definition) is 6. The smallest absolute Gasteiger partial charge is 0.335 e. The number of halogens is 1. The van der Waals surface area contributed by atoms with Gasteiger partial charge in [0.1, 0.15) is 0 Å². The van der Waals surface area contributed by atoms with Crippen LogP contribution in [0.4, 0.5) is 5.69 Å². The molecule has 0 fully saturated rings. The lowest BCUT2D eigenvalue weighted by Gasteiger charge is -2.21. The average Bonchev–Trinajstić information content (AvgIpc) is 3.25. The van der Waals surface area contributed by atoms with Crippen LogP contribution in [0.1, 0.15) is 52.9 Å². The van der Waals surface area contributed by atoms with E-state index in [0.717, 1.165) is 0 Å². The molecule has 2 amide bonds. The second kappa shape index (κ2) is 13.1. The van der Waals surface area contributed by atoms with Crippen LogP contribution in [0.2, 0.25) is 5.02 Å². The zero-order valence-electron chi connectivity index (χ0n) is 20.5. The van der Waals surface area contributed by atoms with Gasteiger partial charge in [-0.2, -0.15) is 0 Å². The number of carboxylic acid groups (broad SMARTS) is 1. The summed E-state index contributed by atoms with van der Waals surface area (Å²) in [6.07, 6.45) is 2.30. The van der Waals surface area contributed by atoms with Crippen LogP contribution in [-0.4, -0.2) is 43.4 Å². The molecule has 9 nitrogen and oxygen atoms in total. The highest BCUT2D eigenvalue weighted by Gasteiger charge is 2.25. The van der Waals surface area contributed by atoms with Crippen molar-refractivity contribution >= 4 is 46.8 Å². The molecule has 1 atom stereocenters.